The molecule has 1 aromatic rings. The van der Waals surface area contributed by atoms with Gasteiger partial charge in [0.2, 0.25) is 5.91 Å². The van der Waals surface area contributed by atoms with Crippen molar-refractivity contribution < 1.29 is 9.53 Å². The molecular weight excluding hydrogens is 290 g/mol. The topological polar surface area (TPSA) is 44.8 Å². The van der Waals surface area contributed by atoms with E-state index in [0.717, 1.165) is 39.0 Å². The Kier molecular flexibility index (Phi) is 5.65. The van der Waals surface area contributed by atoms with Crippen molar-refractivity contribution >= 4 is 5.91 Å². The minimum absolute atomic E-state index is 0.170. The van der Waals surface area contributed by atoms with Crippen LogP contribution in [-0.2, 0) is 16.1 Å². The molecule has 1 unspecified atom stereocenters. The predicted molar refractivity (Wildman–Crippen MR) is 90.1 cm³/mol. The van der Waals surface area contributed by atoms with Gasteiger partial charge in [-0.05, 0) is 18.4 Å². The summed E-state index contributed by atoms with van der Waals surface area (Å²) in [6, 6.07) is 10.8. The van der Waals surface area contributed by atoms with Crippen LogP contribution in [0.3, 0.4) is 0 Å². The fraction of sp³-hybridized carbons (Fsp3) is 0.611. The summed E-state index contributed by atoms with van der Waals surface area (Å²) in [5.41, 5.74) is 1.36. The average molecular weight is 317 g/mol. The summed E-state index contributed by atoms with van der Waals surface area (Å²) in [6.45, 7) is 5.06. The normalized spacial score (nSPS) is 23.6. The standard InChI is InChI=1S/C18H27N3O2/c1-20(18(22)17-14-23-12-9-19-17)16-7-10-21(11-8-16)13-15-5-3-2-4-6-15/h2-6,16-17,19H,7-14H2,1H3. The molecule has 0 aliphatic carbocycles. The van der Waals surface area contributed by atoms with E-state index in [1.54, 1.807) is 0 Å². The first-order chi connectivity index (χ1) is 11.2. The lowest BCUT2D eigenvalue weighted by Gasteiger charge is -2.38. The van der Waals surface area contributed by atoms with Gasteiger partial charge < -0.3 is 15.0 Å². The third-order valence-corrected chi connectivity index (χ3v) is 4.92. The van der Waals surface area contributed by atoms with Crippen LogP contribution in [0.25, 0.3) is 0 Å². The van der Waals surface area contributed by atoms with Gasteiger partial charge in [0.1, 0.15) is 6.04 Å². The van der Waals surface area contributed by atoms with Crippen molar-refractivity contribution in [3.05, 3.63) is 35.9 Å². The molecule has 1 aromatic carbocycles. The Bertz CT molecular complexity index is 494. The zero-order valence-corrected chi connectivity index (χ0v) is 13.9. The molecule has 2 aliphatic heterocycles. The van der Waals surface area contributed by atoms with E-state index in [0.29, 0.717) is 19.3 Å². The first-order valence-corrected chi connectivity index (χ1v) is 8.58. The molecule has 3 rings (SSSR count). The zero-order chi connectivity index (χ0) is 16.1. The van der Waals surface area contributed by atoms with Gasteiger partial charge >= 0.3 is 0 Å². The van der Waals surface area contributed by atoms with Gasteiger partial charge in [-0.1, -0.05) is 30.3 Å². The highest BCUT2D eigenvalue weighted by Gasteiger charge is 2.30. The van der Waals surface area contributed by atoms with Crippen LogP contribution in [0.2, 0.25) is 0 Å². The molecule has 126 valence electrons. The number of carbonyl (C=O) groups excluding carboxylic acids is 1. The molecular formula is C18H27N3O2. The van der Waals surface area contributed by atoms with Gasteiger partial charge in [-0.3, -0.25) is 9.69 Å². The number of hydrogen-bond donors (Lipinski definition) is 1. The molecule has 5 heteroatoms. The Labute approximate surface area is 138 Å². The number of rotatable bonds is 4. The number of piperidine rings is 1. The fourth-order valence-corrected chi connectivity index (χ4v) is 3.46. The number of nitrogens with one attached hydrogen (secondary N) is 1. The molecule has 2 saturated heterocycles. The molecule has 1 N–H and O–H groups in total. The van der Waals surface area contributed by atoms with Crippen molar-refractivity contribution in [2.75, 3.05) is 39.9 Å². The van der Waals surface area contributed by atoms with E-state index in [-0.39, 0.29) is 11.9 Å². The minimum atomic E-state index is -0.170. The number of likely N-dealkylation sites (N-methyl/N-ethyl adjacent to an activating group) is 1. The zero-order valence-electron chi connectivity index (χ0n) is 13.9. The number of nitrogens with zero attached hydrogens (tertiary/aromatic N) is 2. The third-order valence-electron chi connectivity index (χ3n) is 4.92. The number of likely N-dealkylation sites (tertiary alicyclic amines) is 1. The van der Waals surface area contributed by atoms with E-state index in [2.05, 4.69) is 40.5 Å². The largest absolute Gasteiger partial charge is 0.378 e. The maximum absolute atomic E-state index is 12.5. The molecule has 2 heterocycles. The highest BCUT2D eigenvalue weighted by Crippen LogP contribution is 2.18. The second-order valence-electron chi connectivity index (χ2n) is 6.52. The second kappa shape index (κ2) is 7.90. The number of benzene rings is 1. The molecule has 0 bridgehead atoms. The molecule has 2 aliphatic rings. The van der Waals surface area contributed by atoms with Crippen LogP contribution in [-0.4, -0.2) is 67.7 Å². The molecule has 0 saturated carbocycles. The number of carbonyl (C=O) groups is 1. The lowest BCUT2D eigenvalue weighted by molar-refractivity contribution is -0.138. The lowest BCUT2D eigenvalue weighted by Crippen LogP contribution is -2.55. The first-order valence-electron chi connectivity index (χ1n) is 8.58. The van der Waals surface area contributed by atoms with E-state index in [1.807, 2.05) is 11.9 Å². The number of ether oxygens (including phenoxy) is 1. The molecule has 0 spiro atoms. The Hall–Kier alpha value is -1.43. The number of hydrogen-bond acceptors (Lipinski definition) is 4. The van der Waals surface area contributed by atoms with E-state index in [4.69, 9.17) is 4.74 Å². The van der Waals surface area contributed by atoms with E-state index < -0.39 is 0 Å². The van der Waals surface area contributed by atoms with E-state index in [1.165, 1.54) is 5.56 Å². The van der Waals surface area contributed by atoms with Crippen LogP contribution in [0.4, 0.5) is 0 Å². The van der Waals surface area contributed by atoms with E-state index >= 15 is 0 Å². The summed E-state index contributed by atoms with van der Waals surface area (Å²) in [6.07, 6.45) is 2.09. The van der Waals surface area contributed by atoms with Gasteiger partial charge in [0.15, 0.2) is 0 Å². The summed E-state index contributed by atoms with van der Waals surface area (Å²) in [4.78, 5) is 17.0. The molecule has 5 nitrogen and oxygen atoms in total. The summed E-state index contributed by atoms with van der Waals surface area (Å²) in [5, 5.41) is 3.25. The Morgan fingerprint density at radius 1 is 1.30 bits per heavy atom. The van der Waals surface area contributed by atoms with Gasteiger partial charge in [0.05, 0.1) is 13.2 Å². The molecule has 0 radical (unpaired) electrons. The number of amides is 1. The van der Waals surface area contributed by atoms with Crippen LogP contribution in [0.15, 0.2) is 30.3 Å². The Morgan fingerprint density at radius 3 is 2.70 bits per heavy atom. The molecule has 2 fully saturated rings. The number of morpholine rings is 1. The molecule has 1 amide bonds. The third kappa shape index (κ3) is 4.31. The SMILES string of the molecule is CN(C(=O)C1COCCN1)C1CCN(Cc2ccccc2)CC1. The monoisotopic (exact) mass is 317 g/mol. The first kappa shape index (κ1) is 16.4. The van der Waals surface area contributed by atoms with Crippen LogP contribution in [0.5, 0.6) is 0 Å². The van der Waals surface area contributed by atoms with Crippen molar-refractivity contribution in [1.82, 2.24) is 15.1 Å². The highest BCUT2D eigenvalue weighted by molar-refractivity contribution is 5.82. The summed E-state index contributed by atoms with van der Waals surface area (Å²) in [7, 11) is 1.94. The van der Waals surface area contributed by atoms with Crippen molar-refractivity contribution in [3.8, 4) is 0 Å². The van der Waals surface area contributed by atoms with Gasteiger partial charge in [0, 0.05) is 39.3 Å². The van der Waals surface area contributed by atoms with Crippen LogP contribution in [0, 0.1) is 0 Å². The summed E-state index contributed by atoms with van der Waals surface area (Å²) >= 11 is 0. The van der Waals surface area contributed by atoms with Crippen molar-refractivity contribution in [3.63, 3.8) is 0 Å². The van der Waals surface area contributed by atoms with Crippen LogP contribution in [0.1, 0.15) is 18.4 Å². The molecule has 23 heavy (non-hydrogen) atoms. The van der Waals surface area contributed by atoms with Crippen LogP contribution >= 0.6 is 0 Å². The van der Waals surface area contributed by atoms with Gasteiger partial charge in [-0.15, -0.1) is 0 Å². The van der Waals surface area contributed by atoms with Gasteiger partial charge in [-0.2, -0.15) is 0 Å². The summed E-state index contributed by atoms with van der Waals surface area (Å²) in [5.74, 6) is 0.172. The average Bonchev–Trinajstić information content (AvgIpc) is 2.63. The van der Waals surface area contributed by atoms with Gasteiger partial charge in [0.25, 0.3) is 0 Å². The maximum Gasteiger partial charge on any atom is 0.242 e. The van der Waals surface area contributed by atoms with Crippen molar-refractivity contribution in [1.29, 1.82) is 0 Å². The van der Waals surface area contributed by atoms with Gasteiger partial charge in [-0.25, -0.2) is 0 Å². The molecule has 0 aromatic heterocycles. The Balaban J connectivity index is 1.47. The summed E-state index contributed by atoms with van der Waals surface area (Å²) < 4.78 is 5.41. The fourth-order valence-electron chi connectivity index (χ4n) is 3.46. The smallest absolute Gasteiger partial charge is 0.242 e. The predicted octanol–water partition coefficient (Wildman–Crippen LogP) is 1.10. The van der Waals surface area contributed by atoms with Crippen molar-refractivity contribution in [2.24, 2.45) is 0 Å². The van der Waals surface area contributed by atoms with E-state index in [9.17, 15) is 4.79 Å². The minimum Gasteiger partial charge on any atom is -0.378 e. The highest BCUT2D eigenvalue weighted by atomic mass is 16.5. The quantitative estimate of drug-likeness (QED) is 0.903. The maximum atomic E-state index is 12.5. The molecule has 1 atom stereocenters. The van der Waals surface area contributed by atoms with Crippen molar-refractivity contribution in [2.45, 2.75) is 31.5 Å². The lowest BCUT2D eigenvalue weighted by atomic mass is 10.0. The van der Waals surface area contributed by atoms with Crippen LogP contribution < -0.4 is 5.32 Å². The Morgan fingerprint density at radius 2 is 2.04 bits per heavy atom. The second-order valence-corrected chi connectivity index (χ2v) is 6.52.